The predicted octanol–water partition coefficient (Wildman–Crippen LogP) is 1.38. The van der Waals surface area contributed by atoms with E-state index in [0.29, 0.717) is 24.1 Å². The second-order valence-electron chi connectivity index (χ2n) is 3.43. The van der Waals surface area contributed by atoms with Crippen molar-refractivity contribution >= 4 is 16.9 Å². The van der Waals surface area contributed by atoms with Crippen LogP contribution < -0.4 is 0 Å². The molecular formula is C11H12N2O3. The first-order valence-corrected chi connectivity index (χ1v) is 4.89. The summed E-state index contributed by atoms with van der Waals surface area (Å²) >= 11 is 0. The van der Waals surface area contributed by atoms with Gasteiger partial charge in [-0.3, -0.25) is 4.98 Å². The highest BCUT2D eigenvalue weighted by Gasteiger charge is 2.13. The summed E-state index contributed by atoms with van der Waals surface area (Å²) in [6.45, 7) is 1.16. The van der Waals surface area contributed by atoms with E-state index in [1.165, 1.54) is 0 Å². The number of pyridine rings is 1. The number of rotatable bonds is 4. The molecule has 5 nitrogen and oxygen atoms in total. The Morgan fingerprint density at radius 3 is 3.12 bits per heavy atom. The number of hydrogen-bond donors (Lipinski definition) is 1. The lowest BCUT2D eigenvalue weighted by Crippen LogP contribution is -2.02. The minimum absolute atomic E-state index is 0.300. The molecule has 0 aliphatic rings. The van der Waals surface area contributed by atoms with Crippen molar-refractivity contribution in [2.75, 3.05) is 13.7 Å². The van der Waals surface area contributed by atoms with Crippen LogP contribution in [0.25, 0.3) is 10.9 Å². The van der Waals surface area contributed by atoms with Gasteiger partial charge in [0.15, 0.2) is 0 Å². The van der Waals surface area contributed by atoms with E-state index in [1.54, 1.807) is 31.8 Å². The Labute approximate surface area is 92.3 Å². The molecule has 2 heterocycles. The van der Waals surface area contributed by atoms with E-state index in [2.05, 4.69) is 4.98 Å². The summed E-state index contributed by atoms with van der Waals surface area (Å²) in [6, 6.07) is 1.71. The minimum Gasteiger partial charge on any atom is -0.478 e. The van der Waals surface area contributed by atoms with E-state index in [1.807, 2.05) is 4.57 Å². The van der Waals surface area contributed by atoms with Crippen LogP contribution in [0.5, 0.6) is 0 Å². The van der Waals surface area contributed by atoms with E-state index in [4.69, 9.17) is 9.84 Å². The van der Waals surface area contributed by atoms with Gasteiger partial charge in [-0.15, -0.1) is 0 Å². The molecule has 0 spiro atoms. The third kappa shape index (κ3) is 1.77. The Bertz CT molecular complexity index is 519. The van der Waals surface area contributed by atoms with Crippen molar-refractivity contribution in [1.82, 2.24) is 9.55 Å². The van der Waals surface area contributed by atoms with Gasteiger partial charge >= 0.3 is 5.97 Å². The third-order valence-corrected chi connectivity index (χ3v) is 2.45. The molecule has 0 saturated heterocycles. The first kappa shape index (κ1) is 10.6. The van der Waals surface area contributed by atoms with Crippen molar-refractivity contribution in [1.29, 1.82) is 0 Å². The number of carboxylic acids is 1. The second-order valence-corrected chi connectivity index (χ2v) is 3.43. The molecule has 2 aromatic rings. The molecule has 0 bridgehead atoms. The van der Waals surface area contributed by atoms with Crippen molar-refractivity contribution in [3.63, 3.8) is 0 Å². The zero-order chi connectivity index (χ0) is 11.5. The maximum atomic E-state index is 11.0. The summed E-state index contributed by atoms with van der Waals surface area (Å²) in [4.78, 5) is 15.0. The molecule has 84 valence electrons. The molecule has 0 fully saturated rings. The Morgan fingerprint density at radius 2 is 2.44 bits per heavy atom. The molecule has 16 heavy (non-hydrogen) atoms. The smallest absolute Gasteiger partial charge is 0.337 e. The first-order chi connectivity index (χ1) is 7.74. The summed E-state index contributed by atoms with van der Waals surface area (Å²) in [5.74, 6) is -0.924. The number of nitrogens with zero attached hydrogens (tertiary/aromatic N) is 2. The lowest BCUT2D eigenvalue weighted by Gasteiger charge is -2.02. The monoisotopic (exact) mass is 220 g/mol. The normalized spacial score (nSPS) is 10.8. The van der Waals surface area contributed by atoms with Crippen LogP contribution >= 0.6 is 0 Å². The van der Waals surface area contributed by atoms with Gasteiger partial charge in [0.2, 0.25) is 0 Å². The molecule has 0 aliphatic heterocycles. The fourth-order valence-electron chi connectivity index (χ4n) is 1.68. The van der Waals surface area contributed by atoms with Gasteiger partial charge in [0.1, 0.15) is 0 Å². The van der Waals surface area contributed by atoms with Crippen LogP contribution in [0.2, 0.25) is 0 Å². The van der Waals surface area contributed by atoms with Gasteiger partial charge in [-0.1, -0.05) is 0 Å². The fraction of sp³-hybridized carbons (Fsp3) is 0.273. The Morgan fingerprint density at radius 1 is 1.62 bits per heavy atom. The van der Waals surface area contributed by atoms with Crippen LogP contribution in [0.15, 0.2) is 24.7 Å². The van der Waals surface area contributed by atoms with Crippen molar-refractivity contribution < 1.29 is 14.6 Å². The summed E-state index contributed by atoms with van der Waals surface area (Å²) in [7, 11) is 1.61. The molecule has 0 atom stereocenters. The zero-order valence-electron chi connectivity index (χ0n) is 8.88. The van der Waals surface area contributed by atoms with Gasteiger partial charge < -0.3 is 14.4 Å². The topological polar surface area (TPSA) is 64.3 Å². The quantitative estimate of drug-likeness (QED) is 0.845. The lowest BCUT2D eigenvalue weighted by atomic mass is 10.2. The number of carboxylic acid groups (broad SMARTS) is 1. The SMILES string of the molecule is COCCn1cc(C(=O)O)c2ccncc21. The highest BCUT2D eigenvalue weighted by atomic mass is 16.5. The molecule has 0 amide bonds. The van der Waals surface area contributed by atoms with Crippen LogP contribution in [-0.4, -0.2) is 34.3 Å². The van der Waals surface area contributed by atoms with E-state index in [9.17, 15) is 4.79 Å². The first-order valence-electron chi connectivity index (χ1n) is 4.89. The highest BCUT2D eigenvalue weighted by molar-refractivity contribution is 6.03. The number of aromatic carboxylic acids is 1. The van der Waals surface area contributed by atoms with Crippen molar-refractivity contribution in [3.8, 4) is 0 Å². The van der Waals surface area contributed by atoms with E-state index >= 15 is 0 Å². The molecule has 0 aliphatic carbocycles. The summed E-state index contributed by atoms with van der Waals surface area (Å²) in [5.41, 5.74) is 1.12. The minimum atomic E-state index is -0.924. The highest BCUT2D eigenvalue weighted by Crippen LogP contribution is 2.20. The van der Waals surface area contributed by atoms with Gasteiger partial charge in [-0.2, -0.15) is 0 Å². The van der Waals surface area contributed by atoms with Gasteiger partial charge in [0, 0.05) is 31.4 Å². The Hall–Kier alpha value is -1.88. The molecule has 0 saturated carbocycles. The van der Waals surface area contributed by atoms with Crippen molar-refractivity contribution in [3.05, 3.63) is 30.2 Å². The largest absolute Gasteiger partial charge is 0.478 e. The molecule has 0 aromatic carbocycles. The van der Waals surface area contributed by atoms with Gasteiger partial charge in [0.05, 0.1) is 23.9 Å². The average molecular weight is 220 g/mol. The molecule has 1 N–H and O–H groups in total. The zero-order valence-corrected chi connectivity index (χ0v) is 8.88. The summed E-state index contributed by atoms with van der Waals surface area (Å²) in [6.07, 6.45) is 4.88. The number of carbonyl (C=O) groups is 1. The van der Waals surface area contributed by atoms with Crippen LogP contribution in [0.3, 0.4) is 0 Å². The molecular weight excluding hydrogens is 208 g/mol. The third-order valence-electron chi connectivity index (χ3n) is 2.45. The fourth-order valence-corrected chi connectivity index (χ4v) is 1.68. The summed E-state index contributed by atoms with van der Waals surface area (Å²) < 4.78 is 6.82. The lowest BCUT2D eigenvalue weighted by molar-refractivity contribution is 0.0698. The van der Waals surface area contributed by atoms with Gasteiger partial charge in [0.25, 0.3) is 0 Å². The molecule has 0 radical (unpaired) electrons. The maximum Gasteiger partial charge on any atom is 0.337 e. The van der Waals surface area contributed by atoms with Gasteiger partial charge in [-0.25, -0.2) is 4.79 Å². The number of aromatic nitrogens is 2. The van der Waals surface area contributed by atoms with E-state index in [0.717, 1.165) is 5.52 Å². The van der Waals surface area contributed by atoms with Crippen LogP contribution in [0.1, 0.15) is 10.4 Å². The van der Waals surface area contributed by atoms with E-state index < -0.39 is 5.97 Å². The Kier molecular flexibility index (Phi) is 2.87. The van der Waals surface area contributed by atoms with Gasteiger partial charge in [-0.05, 0) is 6.07 Å². The predicted molar refractivity (Wildman–Crippen MR) is 58.6 cm³/mol. The number of ether oxygens (including phenoxy) is 1. The van der Waals surface area contributed by atoms with E-state index in [-0.39, 0.29) is 0 Å². The summed E-state index contributed by atoms with van der Waals surface area (Å²) in [5, 5.41) is 9.76. The maximum absolute atomic E-state index is 11.0. The number of hydrogen-bond acceptors (Lipinski definition) is 3. The Balaban J connectivity index is 2.53. The molecule has 0 unspecified atom stereocenters. The molecule has 2 rings (SSSR count). The second kappa shape index (κ2) is 4.32. The standard InChI is InChI=1S/C11H12N2O3/c1-16-5-4-13-7-9(11(14)15)8-2-3-12-6-10(8)13/h2-3,6-7H,4-5H2,1H3,(H,14,15). The average Bonchev–Trinajstić information content (AvgIpc) is 2.65. The van der Waals surface area contributed by atoms with Crippen molar-refractivity contribution in [2.24, 2.45) is 0 Å². The van der Waals surface area contributed by atoms with Crippen molar-refractivity contribution in [2.45, 2.75) is 6.54 Å². The number of fused-ring (bicyclic) bond motifs is 1. The van der Waals surface area contributed by atoms with Crippen LogP contribution in [-0.2, 0) is 11.3 Å². The molecule has 5 heteroatoms. The molecule has 2 aromatic heterocycles. The van der Waals surface area contributed by atoms with Crippen LogP contribution in [0.4, 0.5) is 0 Å². The van der Waals surface area contributed by atoms with Crippen LogP contribution in [0, 0.1) is 0 Å². The number of methoxy groups -OCH3 is 1.